The van der Waals surface area contributed by atoms with E-state index in [1.165, 1.54) is 23.1 Å². The predicted octanol–water partition coefficient (Wildman–Crippen LogP) is 0.413. The summed E-state index contributed by atoms with van der Waals surface area (Å²) in [7, 11) is 0. The van der Waals surface area contributed by atoms with Gasteiger partial charge in [-0.25, -0.2) is 0 Å². The van der Waals surface area contributed by atoms with Crippen molar-refractivity contribution in [2.45, 2.75) is 12.5 Å². The first-order chi connectivity index (χ1) is 9.47. The highest BCUT2D eigenvalue weighted by Gasteiger charge is 2.26. The first-order valence-corrected chi connectivity index (χ1v) is 6.12. The van der Waals surface area contributed by atoms with Crippen LogP contribution < -0.4 is 0 Å². The van der Waals surface area contributed by atoms with Crippen LogP contribution in [0.3, 0.4) is 0 Å². The molecular formula is C13H15NO6. The van der Waals surface area contributed by atoms with Gasteiger partial charge in [-0.1, -0.05) is 0 Å². The van der Waals surface area contributed by atoms with Crippen LogP contribution in [0.15, 0.2) is 18.2 Å². The van der Waals surface area contributed by atoms with Crippen LogP contribution in [0.2, 0.25) is 0 Å². The van der Waals surface area contributed by atoms with Crippen LogP contribution in [0.4, 0.5) is 0 Å². The lowest BCUT2D eigenvalue weighted by molar-refractivity contribution is -0.141. The van der Waals surface area contributed by atoms with Crippen molar-refractivity contribution in [1.82, 2.24) is 4.90 Å². The van der Waals surface area contributed by atoms with Crippen molar-refractivity contribution in [3.63, 3.8) is 0 Å². The summed E-state index contributed by atoms with van der Waals surface area (Å²) in [5.41, 5.74) is 0.233. The highest BCUT2D eigenvalue weighted by atomic mass is 16.5. The Balaban J connectivity index is 2.08. The van der Waals surface area contributed by atoms with Gasteiger partial charge in [-0.3, -0.25) is 9.59 Å². The van der Waals surface area contributed by atoms with Crippen molar-refractivity contribution >= 4 is 11.9 Å². The Kier molecular flexibility index (Phi) is 4.09. The maximum Gasteiger partial charge on any atom is 0.306 e. The third kappa shape index (κ3) is 3.18. The Labute approximate surface area is 115 Å². The van der Waals surface area contributed by atoms with E-state index in [-0.39, 0.29) is 42.5 Å². The van der Waals surface area contributed by atoms with E-state index in [4.69, 9.17) is 9.84 Å². The maximum atomic E-state index is 12.2. The molecule has 1 aromatic rings. The molecule has 0 aromatic heterocycles. The van der Waals surface area contributed by atoms with Gasteiger partial charge in [0.05, 0.1) is 19.1 Å². The fraction of sp³-hybridized carbons (Fsp3) is 0.385. The van der Waals surface area contributed by atoms with E-state index in [0.717, 1.165) is 0 Å². The number of hydrogen-bond acceptors (Lipinski definition) is 5. The Bertz CT molecular complexity index is 530. The summed E-state index contributed by atoms with van der Waals surface area (Å²) < 4.78 is 5.28. The van der Waals surface area contributed by atoms with E-state index in [1.54, 1.807) is 0 Å². The summed E-state index contributed by atoms with van der Waals surface area (Å²) in [6.07, 6.45) is -0.694. The number of rotatable bonds is 3. The van der Waals surface area contributed by atoms with Crippen LogP contribution in [0.5, 0.6) is 11.5 Å². The van der Waals surface area contributed by atoms with E-state index in [1.807, 2.05) is 0 Å². The maximum absolute atomic E-state index is 12.2. The summed E-state index contributed by atoms with van der Waals surface area (Å²) in [5.74, 6) is -1.98. The largest absolute Gasteiger partial charge is 0.504 e. The Hall–Kier alpha value is -2.28. The van der Waals surface area contributed by atoms with E-state index >= 15 is 0 Å². The summed E-state index contributed by atoms with van der Waals surface area (Å²) in [6.45, 7) is 0.817. The number of ether oxygens (including phenoxy) is 1. The third-order valence-corrected chi connectivity index (χ3v) is 3.05. The van der Waals surface area contributed by atoms with Crippen LogP contribution in [0.25, 0.3) is 0 Å². The molecule has 7 heteroatoms. The molecule has 0 radical (unpaired) electrons. The molecule has 20 heavy (non-hydrogen) atoms. The molecule has 1 aliphatic rings. The minimum Gasteiger partial charge on any atom is -0.504 e. The number of carboxylic acids is 1. The van der Waals surface area contributed by atoms with Crippen molar-refractivity contribution in [2.24, 2.45) is 0 Å². The zero-order valence-electron chi connectivity index (χ0n) is 10.7. The monoisotopic (exact) mass is 281 g/mol. The van der Waals surface area contributed by atoms with Gasteiger partial charge in [-0.05, 0) is 18.2 Å². The average molecular weight is 281 g/mol. The normalized spacial score (nSPS) is 18.8. The third-order valence-electron chi connectivity index (χ3n) is 3.05. The molecule has 7 nitrogen and oxygen atoms in total. The SMILES string of the molecule is O=C(O)CC1CN(C(=O)c2ccc(O)c(O)c2)CCO1. The van der Waals surface area contributed by atoms with Gasteiger partial charge in [0.1, 0.15) is 0 Å². The van der Waals surface area contributed by atoms with Crippen LogP contribution in [-0.4, -0.2) is 57.9 Å². The van der Waals surface area contributed by atoms with Gasteiger partial charge in [0, 0.05) is 18.7 Å². The van der Waals surface area contributed by atoms with E-state index in [0.29, 0.717) is 6.54 Å². The van der Waals surface area contributed by atoms with Crippen molar-refractivity contribution in [2.75, 3.05) is 19.7 Å². The van der Waals surface area contributed by atoms with Gasteiger partial charge in [0.2, 0.25) is 0 Å². The van der Waals surface area contributed by atoms with Gasteiger partial charge in [0.15, 0.2) is 11.5 Å². The molecule has 3 N–H and O–H groups in total. The lowest BCUT2D eigenvalue weighted by atomic mass is 10.1. The topological polar surface area (TPSA) is 107 Å². The number of hydrogen-bond donors (Lipinski definition) is 3. The molecule has 1 atom stereocenters. The fourth-order valence-electron chi connectivity index (χ4n) is 2.06. The van der Waals surface area contributed by atoms with Crippen molar-refractivity contribution in [3.8, 4) is 11.5 Å². The van der Waals surface area contributed by atoms with E-state index in [9.17, 15) is 19.8 Å². The molecule has 1 unspecified atom stereocenters. The molecule has 2 rings (SSSR count). The van der Waals surface area contributed by atoms with Crippen molar-refractivity contribution < 1.29 is 29.6 Å². The highest BCUT2D eigenvalue weighted by molar-refractivity contribution is 5.95. The number of amides is 1. The highest BCUT2D eigenvalue weighted by Crippen LogP contribution is 2.25. The molecular weight excluding hydrogens is 266 g/mol. The number of aromatic hydroxyl groups is 2. The quantitative estimate of drug-likeness (QED) is 0.693. The number of benzene rings is 1. The number of carbonyl (C=O) groups is 2. The number of phenols is 2. The molecule has 0 bridgehead atoms. The molecule has 1 heterocycles. The predicted molar refractivity (Wildman–Crippen MR) is 67.7 cm³/mol. The summed E-state index contributed by atoms with van der Waals surface area (Å²) in [6, 6.07) is 3.82. The van der Waals surface area contributed by atoms with E-state index < -0.39 is 12.1 Å². The van der Waals surface area contributed by atoms with Gasteiger partial charge in [0.25, 0.3) is 5.91 Å². The molecule has 108 valence electrons. The molecule has 1 aromatic carbocycles. The standard InChI is InChI=1S/C13H15NO6/c15-10-2-1-8(5-11(10)16)13(19)14-3-4-20-9(7-14)6-12(17)18/h1-2,5,9,15-16H,3-4,6-7H2,(H,17,18). The zero-order chi connectivity index (χ0) is 14.7. The van der Waals surface area contributed by atoms with E-state index in [2.05, 4.69) is 0 Å². The summed E-state index contributed by atoms with van der Waals surface area (Å²) in [4.78, 5) is 24.4. The number of morpholine rings is 1. The minimum absolute atomic E-state index is 0.162. The second-order valence-corrected chi connectivity index (χ2v) is 4.55. The molecule has 1 fully saturated rings. The van der Waals surface area contributed by atoms with Crippen LogP contribution in [-0.2, 0) is 9.53 Å². The summed E-state index contributed by atoms with van der Waals surface area (Å²) >= 11 is 0. The second kappa shape index (κ2) is 5.79. The smallest absolute Gasteiger partial charge is 0.306 e. The zero-order valence-corrected chi connectivity index (χ0v) is 10.7. The van der Waals surface area contributed by atoms with Gasteiger partial charge < -0.3 is 25.0 Å². The van der Waals surface area contributed by atoms with Gasteiger partial charge in [-0.2, -0.15) is 0 Å². The fourth-order valence-corrected chi connectivity index (χ4v) is 2.06. The Morgan fingerprint density at radius 1 is 1.30 bits per heavy atom. The first kappa shape index (κ1) is 14.1. The summed E-state index contributed by atoms with van der Waals surface area (Å²) in [5, 5.41) is 27.3. The van der Waals surface area contributed by atoms with Crippen LogP contribution in [0, 0.1) is 0 Å². The van der Waals surface area contributed by atoms with Crippen LogP contribution >= 0.6 is 0 Å². The Morgan fingerprint density at radius 3 is 2.70 bits per heavy atom. The lowest BCUT2D eigenvalue weighted by Gasteiger charge is -2.32. The average Bonchev–Trinajstić information content (AvgIpc) is 2.40. The number of aliphatic carboxylic acids is 1. The number of nitrogens with zero attached hydrogens (tertiary/aromatic N) is 1. The van der Waals surface area contributed by atoms with Crippen molar-refractivity contribution in [3.05, 3.63) is 23.8 Å². The number of phenolic OH excluding ortho intramolecular Hbond substituents is 2. The second-order valence-electron chi connectivity index (χ2n) is 4.55. The molecule has 0 aliphatic carbocycles. The molecule has 1 aliphatic heterocycles. The van der Waals surface area contributed by atoms with Crippen LogP contribution in [0.1, 0.15) is 16.8 Å². The van der Waals surface area contributed by atoms with Gasteiger partial charge >= 0.3 is 5.97 Å². The number of carboxylic acid groups (broad SMARTS) is 1. The lowest BCUT2D eigenvalue weighted by Crippen LogP contribution is -2.46. The molecule has 1 amide bonds. The van der Waals surface area contributed by atoms with Crippen molar-refractivity contribution in [1.29, 1.82) is 0 Å². The first-order valence-electron chi connectivity index (χ1n) is 6.12. The molecule has 1 saturated heterocycles. The number of carbonyl (C=O) groups excluding carboxylic acids is 1. The Morgan fingerprint density at radius 2 is 2.05 bits per heavy atom. The molecule has 0 spiro atoms. The molecule has 0 saturated carbocycles. The van der Waals surface area contributed by atoms with Gasteiger partial charge in [-0.15, -0.1) is 0 Å². The minimum atomic E-state index is -0.980.